The molecule has 0 bridgehead atoms. The maximum atomic E-state index is 12.8. The largest absolute Gasteiger partial charge is 0.494 e. The van der Waals surface area contributed by atoms with Crippen LogP contribution in [0.4, 0.5) is 10.5 Å². The third-order valence-corrected chi connectivity index (χ3v) is 4.79. The molecule has 28 heavy (non-hydrogen) atoms. The second-order valence-corrected chi connectivity index (χ2v) is 6.97. The Balaban J connectivity index is 1.57. The van der Waals surface area contributed by atoms with Crippen molar-refractivity contribution in [2.75, 3.05) is 38.1 Å². The van der Waals surface area contributed by atoms with Crippen molar-refractivity contribution in [2.45, 2.75) is 13.3 Å². The molecule has 1 fully saturated rings. The molecule has 2 aromatic carbocycles. The number of benzene rings is 2. The molecule has 0 saturated carbocycles. The molecule has 1 saturated heterocycles. The van der Waals surface area contributed by atoms with Crippen molar-refractivity contribution in [3.05, 3.63) is 59.1 Å². The second-order valence-electron chi connectivity index (χ2n) is 6.53. The molecule has 3 rings (SSSR count). The molecule has 1 heterocycles. The molecule has 0 atom stereocenters. The number of ether oxygens (including phenoxy) is 1. The third-order valence-electron chi connectivity index (χ3n) is 4.56. The van der Waals surface area contributed by atoms with Gasteiger partial charge in [0.2, 0.25) is 0 Å². The Morgan fingerprint density at radius 1 is 1.04 bits per heavy atom. The molecular formula is C21H24ClN3O3. The van der Waals surface area contributed by atoms with E-state index in [0.29, 0.717) is 49.1 Å². The van der Waals surface area contributed by atoms with Gasteiger partial charge in [0, 0.05) is 42.5 Å². The number of rotatable bonds is 4. The summed E-state index contributed by atoms with van der Waals surface area (Å²) in [4.78, 5) is 28.8. The van der Waals surface area contributed by atoms with Crippen LogP contribution in [-0.2, 0) is 0 Å². The van der Waals surface area contributed by atoms with Crippen LogP contribution in [0.2, 0.25) is 5.02 Å². The molecule has 0 unspecified atom stereocenters. The standard InChI is InChI=1S/C21H24ClN3O3/c1-2-28-19-9-7-16(8-10-19)20(26)24-11-4-12-25(14-13-24)21(27)23-18-6-3-5-17(22)15-18/h3,5-10,15H,2,4,11-14H2,1H3,(H,23,27). The molecule has 1 aliphatic heterocycles. The highest BCUT2D eigenvalue weighted by atomic mass is 35.5. The van der Waals surface area contributed by atoms with Gasteiger partial charge in [-0.2, -0.15) is 0 Å². The SMILES string of the molecule is CCOc1ccc(C(=O)N2CCCN(C(=O)Nc3cccc(Cl)c3)CC2)cc1. The molecule has 0 aliphatic carbocycles. The van der Waals surface area contributed by atoms with Gasteiger partial charge in [-0.05, 0) is 55.8 Å². The summed E-state index contributed by atoms with van der Waals surface area (Å²) >= 11 is 5.96. The Labute approximate surface area is 170 Å². The average molecular weight is 402 g/mol. The van der Waals surface area contributed by atoms with Gasteiger partial charge in [-0.15, -0.1) is 0 Å². The Morgan fingerprint density at radius 2 is 1.75 bits per heavy atom. The van der Waals surface area contributed by atoms with Crippen LogP contribution in [0.1, 0.15) is 23.7 Å². The van der Waals surface area contributed by atoms with Crippen LogP contribution < -0.4 is 10.1 Å². The van der Waals surface area contributed by atoms with Crippen molar-refractivity contribution in [1.82, 2.24) is 9.80 Å². The number of nitrogens with zero attached hydrogens (tertiary/aromatic N) is 2. The van der Waals surface area contributed by atoms with Crippen LogP contribution in [0.15, 0.2) is 48.5 Å². The maximum Gasteiger partial charge on any atom is 0.321 e. The Morgan fingerprint density at radius 3 is 2.46 bits per heavy atom. The molecule has 2 aromatic rings. The number of halogens is 1. The molecule has 0 radical (unpaired) electrons. The lowest BCUT2D eigenvalue weighted by molar-refractivity contribution is 0.0762. The number of nitrogens with one attached hydrogen (secondary N) is 1. The molecule has 3 amide bonds. The smallest absolute Gasteiger partial charge is 0.321 e. The van der Waals surface area contributed by atoms with Gasteiger partial charge in [-0.25, -0.2) is 4.79 Å². The minimum absolute atomic E-state index is 0.0276. The molecule has 1 N–H and O–H groups in total. The Bertz CT molecular complexity index is 826. The fraction of sp³-hybridized carbons (Fsp3) is 0.333. The summed E-state index contributed by atoms with van der Waals surface area (Å²) in [6.07, 6.45) is 0.728. The zero-order valence-corrected chi connectivity index (χ0v) is 16.6. The first-order chi connectivity index (χ1) is 13.6. The van der Waals surface area contributed by atoms with E-state index in [9.17, 15) is 9.59 Å². The number of anilines is 1. The van der Waals surface area contributed by atoms with Crippen molar-refractivity contribution in [2.24, 2.45) is 0 Å². The van der Waals surface area contributed by atoms with Crippen molar-refractivity contribution >= 4 is 29.2 Å². The first-order valence-corrected chi connectivity index (χ1v) is 9.78. The summed E-state index contributed by atoms with van der Waals surface area (Å²) in [6, 6.07) is 14.0. The first-order valence-electron chi connectivity index (χ1n) is 9.40. The highest BCUT2D eigenvalue weighted by molar-refractivity contribution is 6.30. The predicted molar refractivity (Wildman–Crippen MR) is 110 cm³/mol. The quantitative estimate of drug-likeness (QED) is 0.838. The van der Waals surface area contributed by atoms with E-state index in [-0.39, 0.29) is 11.9 Å². The van der Waals surface area contributed by atoms with Crippen molar-refractivity contribution < 1.29 is 14.3 Å². The Kier molecular flexibility index (Phi) is 6.76. The average Bonchev–Trinajstić information content (AvgIpc) is 2.95. The van der Waals surface area contributed by atoms with E-state index in [4.69, 9.17) is 16.3 Å². The molecule has 6 nitrogen and oxygen atoms in total. The van der Waals surface area contributed by atoms with Gasteiger partial charge < -0.3 is 19.9 Å². The highest BCUT2D eigenvalue weighted by Gasteiger charge is 2.23. The minimum atomic E-state index is -0.183. The number of urea groups is 1. The molecule has 148 valence electrons. The fourth-order valence-corrected chi connectivity index (χ4v) is 3.33. The van der Waals surface area contributed by atoms with Gasteiger partial charge in [0.1, 0.15) is 5.75 Å². The van der Waals surface area contributed by atoms with Gasteiger partial charge >= 0.3 is 6.03 Å². The first kappa shape index (κ1) is 20.0. The van der Waals surface area contributed by atoms with Crippen molar-refractivity contribution in [3.63, 3.8) is 0 Å². The summed E-state index contributed by atoms with van der Waals surface area (Å²) in [7, 11) is 0. The van der Waals surface area contributed by atoms with Crippen LogP contribution in [0, 0.1) is 0 Å². The van der Waals surface area contributed by atoms with E-state index in [1.807, 2.05) is 6.92 Å². The number of hydrogen-bond acceptors (Lipinski definition) is 3. The van der Waals surface area contributed by atoms with Gasteiger partial charge in [0.15, 0.2) is 0 Å². The van der Waals surface area contributed by atoms with Gasteiger partial charge in [0.25, 0.3) is 5.91 Å². The molecule has 1 aliphatic rings. The molecule has 7 heteroatoms. The zero-order chi connectivity index (χ0) is 19.9. The third kappa shape index (κ3) is 5.16. The summed E-state index contributed by atoms with van der Waals surface area (Å²) < 4.78 is 5.42. The molecule has 0 aromatic heterocycles. The van der Waals surface area contributed by atoms with Gasteiger partial charge in [0.05, 0.1) is 6.61 Å². The van der Waals surface area contributed by atoms with Crippen LogP contribution in [0.25, 0.3) is 0 Å². The monoisotopic (exact) mass is 401 g/mol. The minimum Gasteiger partial charge on any atom is -0.494 e. The van der Waals surface area contributed by atoms with Crippen molar-refractivity contribution in [1.29, 1.82) is 0 Å². The zero-order valence-electron chi connectivity index (χ0n) is 15.9. The lowest BCUT2D eigenvalue weighted by Gasteiger charge is -2.22. The van der Waals surface area contributed by atoms with E-state index in [0.717, 1.165) is 12.2 Å². The van der Waals surface area contributed by atoms with Crippen LogP contribution in [0.5, 0.6) is 5.75 Å². The molecule has 0 spiro atoms. The van der Waals surface area contributed by atoms with E-state index >= 15 is 0 Å². The van der Waals surface area contributed by atoms with Gasteiger partial charge in [-0.3, -0.25) is 4.79 Å². The predicted octanol–water partition coefficient (Wildman–Crippen LogP) is 4.12. The summed E-state index contributed by atoms with van der Waals surface area (Å²) in [5.41, 5.74) is 1.28. The molecular weight excluding hydrogens is 378 g/mol. The van der Waals surface area contributed by atoms with E-state index in [1.165, 1.54) is 0 Å². The topological polar surface area (TPSA) is 61.9 Å². The lowest BCUT2D eigenvalue weighted by atomic mass is 10.2. The van der Waals surface area contributed by atoms with Gasteiger partial charge in [-0.1, -0.05) is 17.7 Å². The van der Waals surface area contributed by atoms with E-state index in [1.54, 1.807) is 58.3 Å². The number of hydrogen-bond donors (Lipinski definition) is 1. The van der Waals surface area contributed by atoms with E-state index in [2.05, 4.69) is 5.32 Å². The number of carbonyl (C=O) groups is 2. The fourth-order valence-electron chi connectivity index (χ4n) is 3.14. The summed E-state index contributed by atoms with van der Waals surface area (Å²) in [5, 5.41) is 3.43. The summed E-state index contributed by atoms with van der Waals surface area (Å²) in [6.45, 7) is 4.70. The lowest BCUT2D eigenvalue weighted by Crippen LogP contribution is -2.39. The van der Waals surface area contributed by atoms with Crippen molar-refractivity contribution in [3.8, 4) is 5.75 Å². The van der Waals surface area contributed by atoms with E-state index < -0.39 is 0 Å². The second kappa shape index (κ2) is 9.46. The maximum absolute atomic E-state index is 12.8. The Hall–Kier alpha value is -2.73. The number of amides is 3. The van der Waals surface area contributed by atoms with Crippen LogP contribution in [0.3, 0.4) is 0 Å². The summed E-state index contributed by atoms with van der Waals surface area (Å²) in [5.74, 6) is 0.721. The van der Waals surface area contributed by atoms with Crippen LogP contribution in [-0.4, -0.2) is 54.5 Å². The number of carbonyl (C=O) groups excluding carboxylic acids is 2. The highest BCUT2D eigenvalue weighted by Crippen LogP contribution is 2.17. The van der Waals surface area contributed by atoms with Crippen LogP contribution >= 0.6 is 11.6 Å². The normalized spacial score (nSPS) is 14.4.